The van der Waals surface area contributed by atoms with Crippen LogP contribution in [0.2, 0.25) is 0 Å². The van der Waals surface area contributed by atoms with E-state index in [-0.39, 0.29) is 0 Å². The molecular formula is C13H20O3. The van der Waals surface area contributed by atoms with Gasteiger partial charge in [-0.25, -0.2) is 0 Å². The molecule has 1 unspecified atom stereocenters. The van der Waals surface area contributed by atoms with Crippen molar-refractivity contribution in [3.63, 3.8) is 0 Å². The topological polar surface area (TPSA) is 38.7 Å². The van der Waals surface area contributed by atoms with Crippen molar-refractivity contribution in [1.29, 1.82) is 0 Å². The Morgan fingerprint density at radius 1 is 1.12 bits per heavy atom. The molecule has 0 saturated carbocycles. The molecular weight excluding hydrogens is 204 g/mol. The molecule has 1 rings (SSSR count). The number of ether oxygens (including phenoxy) is 2. The van der Waals surface area contributed by atoms with E-state index in [2.05, 4.69) is 0 Å². The van der Waals surface area contributed by atoms with Gasteiger partial charge >= 0.3 is 0 Å². The third kappa shape index (κ3) is 4.11. The summed E-state index contributed by atoms with van der Waals surface area (Å²) < 4.78 is 11.0. The first-order chi connectivity index (χ1) is 7.77. The number of hydrogen-bond acceptors (Lipinski definition) is 3. The lowest BCUT2D eigenvalue weighted by Crippen LogP contribution is -2.17. The molecule has 0 heterocycles. The highest BCUT2D eigenvalue weighted by Gasteiger charge is 2.07. The van der Waals surface area contributed by atoms with Crippen LogP contribution in [-0.2, 0) is 0 Å². The highest BCUT2D eigenvalue weighted by atomic mass is 16.5. The molecule has 0 aliphatic rings. The average molecular weight is 224 g/mol. The lowest BCUT2D eigenvalue weighted by Gasteiger charge is -2.14. The molecule has 0 bridgehead atoms. The van der Waals surface area contributed by atoms with E-state index < -0.39 is 6.10 Å². The van der Waals surface area contributed by atoms with Gasteiger partial charge in [0.05, 0.1) is 12.7 Å². The Labute approximate surface area is 97.0 Å². The smallest absolute Gasteiger partial charge is 0.161 e. The van der Waals surface area contributed by atoms with E-state index in [1.165, 1.54) is 0 Å². The second-order valence-electron chi connectivity index (χ2n) is 3.63. The molecule has 0 spiro atoms. The molecule has 0 aromatic heterocycles. The first-order valence-corrected chi connectivity index (χ1v) is 5.80. The molecule has 90 valence electrons. The van der Waals surface area contributed by atoms with E-state index in [4.69, 9.17) is 9.47 Å². The second-order valence-corrected chi connectivity index (χ2v) is 3.63. The Balaban J connectivity index is 2.52. The van der Waals surface area contributed by atoms with Crippen LogP contribution in [0.1, 0.15) is 26.7 Å². The molecule has 0 saturated heterocycles. The SMILES string of the molecule is CCCC(O)COc1ccccc1OCC. The van der Waals surface area contributed by atoms with Crippen molar-refractivity contribution in [3.8, 4) is 11.5 Å². The fraction of sp³-hybridized carbons (Fsp3) is 0.538. The van der Waals surface area contributed by atoms with Crippen LogP contribution >= 0.6 is 0 Å². The summed E-state index contributed by atoms with van der Waals surface area (Å²) in [6, 6.07) is 7.51. The zero-order valence-electron chi connectivity index (χ0n) is 9.98. The number of hydrogen-bond donors (Lipinski definition) is 1. The van der Waals surface area contributed by atoms with Crippen molar-refractivity contribution in [2.24, 2.45) is 0 Å². The van der Waals surface area contributed by atoms with Crippen molar-refractivity contribution in [1.82, 2.24) is 0 Å². The average Bonchev–Trinajstić information content (AvgIpc) is 2.29. The second kappa shape index (κ2) is 7.12. The molecule has 1 aromatic carbocycles. The molecule has 1 N–H and O–H groups in total. The molecule has 0 radical (unpaired) electrons. The van der Waals surface area contributed by atoms with Gasteiger partial charge in [0.1, 0.15) is 6.61 Å². The Bertz CT molecular complexity index is 299. The number of rotatable bonds is 7. The summed E-state index contributed by atoms with van der Waals surface area (Å²) in [5.74, 6) is 1.42. The maximum absolute atomic E-state index is 9.57. The Hall–Kier alpha value is -1.22. The van der Waals surface area contributed by atoms with Crippen molar-refractivity contribution in [3.05, 3.63) is 24.3 Å². The quantitative estimate of drug-likeness (QED) is 0.773. The predicted molar refractivity (Wildman–Crippen MR) is 64.0 cm³/mol. The van der Waals surface area contributed by atoms with Crippen LogP contribution in [0.25, 0.3) is 0 Å². The summed E-state index contributed by atoms with van der Waals surface area (Å²) in [7, 11) is 0. The van der Waals surface area contributed by atoms with Gasteiger partial charge in [0.15, 0.2) is 11.5 Å². The Morgan fingerprint density at radius 3 is 2.31 bits per heavy atom. The van der Waals surface area contributed by atoms with Crippen LogP contribution in [0, 0.1) is 0 Å². The van der Waals surface area contributed by atoms with Gasteiger partial charge in [-0.05, 0) is 25.5 Å². The summed E-state index contributed by atoms with van der Waals surface area (Å²) in [5, 5.41) is 9.57. The Kier molecular flexibility index (Phi) is 5.72. The van der Waals surface area contributed by atoms with Crippen LogP contribution in [0.4, 0.5) is 0 Å². The summed E-state index contributed by atoms with van der Waals surface area (Å²) in [6.07, 6.45) is 1.31. The third-order valence-corrected chi connectivity index (χ3v) is 2.20. The highest BCUT2D eigenvalue weighted by molar-refractivity contribution is 5.39. The van der Waals surface area contributed by atoms with Crippen molar-refractivity contribution in [2.75, 3.05) is 13.2 Å². The van der Waals surface area contributed by atoms with E-state index in [9.17, 15) is 5.11 Å². The minimum absolute atomic E-state index is 0.317. The fourth-order valence-electron chi connectivity index (χ4n) is 1.45. The third-order valence-electron chi connectivity index (χ3n) is 2.20. The van der Waals surface area contributed by atoms with Gasteiger partial charge in [0, 0.05) is 0 Å². The maximum atomic E-state index is 9.57. The monoisotopic (exact) mass is 224 g/mol. The fourth-order valence-corrected chi connectivity index (χ4v) is 1.45. The van der Waals surface area contributed by atoms with Crippen LogP contribution in [0.5, 0.6) is 11.5 Å². The van der Waals surface area contributed by atoms with Crippen LogP contribution in [-0.4, -0.2) is 24.4 Å². The van der Waals surface area contributed by atoms with Gasteiger partial charge < -0.3 is 14.6 Å². The molecule has 0 aliphatic carbocycles. The minimum Gasteiger partial charge on any atom is -0.490 e. The van der Waals surface area contributed by atoms with E-state index in [0.717, 1.165) is 18.6 Å². The number of aliphatic hydroxyl groups excluding tert-OH is 1. The van der Waals surface area contributed by atoms with Crippen molar-refractivity contribution in [2.45, 2.75) is 32.8 Å². The van der Waals surface area contributed by atoms with Gasteiger partial charge in [-0.1, -0.05) is 25.5 Å². The molecule has 0 aliphatic heterocycles. The lowest BCUT2D eigenvalue weighted by molar-refractivity contribution is 0.0973. The molecule has 0 fully saturated rings. The molecule has 16 heavy (non-hydrogen) atoms. The molecule has 3 nitrogen and oxygen atoms in total. The lowest BCUT2D eigenvalue weighted by atomic mass is 10.2. The summed E-state index contributed by atoms with van der Waals surface area (Å²) >= 11 is 0. The molecule has 0 amide bonds. The largest absolute Gasteiger partial charge is 0.490 e. The normalized spacial score (nSPS) is 12.2. The van der Waals surface area contributed by atoms with Crippen LogP contribution in [0.15, 0.2) is 24.3 Å². The number of para-hydroxylation sites is 2. The van der Waals surface area contributed by atoms with E-state index in [1.807, 2.05) is 38.1 Å². The molecule has 1 atom stereocenters. The van der Waals surface area contributed by atoms with E-state index in [0.29, 0.717) is 19.0 Å². The minimum atomic E-state index is -0.403. The van der Waals surface area contributed by atoms with Crippen molar-refractivity contribution >= 4 is 0 Å². The first-order valence-electron chi connectivity index (χ1n) is 5.80. The predicted octanol–water partition coefficient (Wildman–Crippen LogP) is 2.63. The van der Waals surface area contributed by atoms with Gasteiger partial charge in [0.25, 0.3) is 0 Å². The molecule has 1 aromatic rings. The van der Waals surface area contributed by atoms with Gasteiger partial charge in [0.2, 0.25) is 0 Å². The van der Waals surface area contributed by atoms with Gasteiger partial charge in [-0.3, -0.25) is 0 Å². The maximum Gasteiger partial charge on any atom is 0.161 e. The number of benzene rings is 1. The van der Waals surface area contributed by atoms with Gasteiger partial charge in [-0.15, -0.1) is 0 Å². The van der Waals surface area contributed by atoms with Crippen molar-refractivity contribution < 1.29 is 14.6 Å². The summed E-state index contributed by atoms with van der Waals surface area (Å²) in [4.78, 5) is 0. The standard InChI is InChI=1S/C13H20O3/c1-3-7-11(14)10-16-13-9-6-5-8-12(13)15-4-2/h5-6,8-9,11,14H,3-4,7,10H2,1-2H3. The zero-order chi connectivity index (χ0) is 11.8. The van der Waals surface area contributed by atoms with E-state index in [1.54, 1.807) is 0 Å². The number of aliphatic hydroxyl groups is 1. The van der Waals surface area contributed by atoms with E-state index >= 15 is 0 Å². The summed E-state index contributed by atoms with van der Waals surface area (Å²) in [6.45, 7) is 4.90. The molecule has 3 heteroatoms. The zero-order valence-corrected chi connectivity index (χ0v) is 9.98. The van der Waals surface area contributed by atoms with Gasteiger partial charge in [-0.2, -0.15) is 0 Å². The van der Waals surface area contributed by atoms with Crippen LogP contribution in [0.3, 0.4) is 0 Å². The summed E-state index contributed by atoms with van der Waals surface area (Å²) in [5.41, 5.74) is 0. The Morgan fingerprint density at radius 2 is 1.75 bits per heavy atom. The first kappa shape index (κ1) is 12.8. The highest BCUT2D eigenvalue weighted by Crippen LogP contribution is 2.26. The van der Waals surface area contributed by atoms with Crippen LogP contribution < -0.4 is 9.47 Å².